The van der Waals surface area contributed by atoms with Gasteiger partial charge in [-0.2, -0.15) is 0 Å². The van der Waals surface area contributed by atoms with Gasteiger partial charge in [0.1, 0.15) is 0 Å². The van der Waals surface area contributed by atoms with E-state index < -0.39 is 0 Å². The summed E-state index contributed by atoms with van der Waals surface area (Å²) in [5, 5.41) is 2.61. The summed E-state index contributed by atoms with van der Waals surface area (Å²) in [5.41, 5.74) is 2.06. The van der Waals surface area contributed by atoms with Gasteiger partial charge in [0, 0.05) is 34.9 Å². The average Bonchev–Trinajstić information content (AvgIpc) is 2.54. The fraction of sp³-hybridized carbons (Fsp3) is 0.167. The molecule has 4 nitrogen and oxygen atoms in total. The van der Waals surface area contributed by atoms with Gasteiger partial charge >= 0.3 is 0 Å². The number of carbonyl (C=O) groups is 3. The minimum Gasteiger partial charge on any atom is -0.326 e. The van der Waals surface area contributed by atoms with E-state index in [1.54, 1.807) is 42.5 Å². The van der Waals surface area contributed by atoms with Crippen LogP contribution in [-0.2, 0) is 4.79 Å². The van der Waals surface area contributed by atoms with Crippen molar-refractivity contribution in [3.63, 3.8) is 0 Å². The number of carbonyl (C=O) groups excluding carboxylic acids is 3. The number of rotatable bonds is 1. The molecular weight excluding hydrogens is 278 g/mol. The number of ketones is 2. The molecule has 22 heavy (non-hydrogen) atoms. The lowest BCUT2D eigenvalue weighted by atomic mass is 9.84. The zero-order chi connectivity index (χ0) is 16.3. The largest absolute Gasteiger partial charge is 0.326 e. The highest BCUT2D eigenvalue weighted by atomic mass is 16.1. The number of fused-ring (bicyclic) bond motifs is 2. The minimum absolute atomic E-state index is 0.162. The molecule has 0 radical (unpaired) electrons. The molecule has 0 spiro atoms. The van der Waals surface area contributed by atoms with Crippen LogP contribution in [-0.4, -0.2) is 17.5 Å². The Morgan fingerprint density at radius 3 is 1.86 bits per heavy atom. The van der Waals surface area contributed by atoms with E-state index in [1.165, 1.54) is 6.92 Å². The fourth-order valence-electron chi connectivity index (χ4n) is 2.38. The number of hydrogen-bond donors (Lipinski definition) is 1. The molecule has 0 unspecified atom stereocenters. The van der Waals surface area contributed by atoms with Crippen molar-refractivity contribution in [3.8, 4) is 0 Å². The first-order chi connectivity index (χ1) is 10.6. The van der Waals surface area contributed by atoms with Crippen molar-refractivity contribution in [1.82, 2.24) is 0 Å². The van der Waals surface area contributed by atoms with Gasteiger partial charge < -0.3 is 5.32 Å². The van der Waals surface area contributed by atoms with Gasteiger partial charge in [0.25, 0.3) is 0 Å². The highest BCUT2D eigenvalue weighted by Gasteiger charge is 2.29. The number of benzene rings is 2. The van der Waals surface area contributed by atoms with Crippen LogP contribution in [0.25, 0.3) is 0 Å². The van der Waals surface area contributed by atoms with E-state index >= 15 is 0 Å². The molecule has 112 valence electrons. The zero-order valence-corrected chi connectivity index (χ0v) is 12.8. The Morgan fingerprint density at radius 2 is 1.32 bits per heavy atom. The third kappa shape index (κ3) is 2.68. The zero-order valence-electron chi connectivity index (χ0n) is 12.8. The van der Waals surface area contributed by atoms with E-state index in [9.17, 15) is 14.4 Å². The standard InChI is InChI=1S/C16H11NO3.C2H6/c1-9(18)17-10-6-7-13-14(8-10)16(20)12-5-3-2-4-11(12)15(13)19;1-2/h2-8H,1H3,(H,17,18);1-2H3. The Labute approximate surface area is 129 Å². The third-order valence-corrected chi connectivity index (χ3v) is 3.25. The van der Waals surface area contributed by atoms with Crippen LogP contribution in [0.4, 0.5) is 5.69 Å². The molecule has 3 rings (SSSR count). The van der Waals surface area contributed by atoms with Crippen molar-refractivity contribution in [3.05, 3.63) is 64.7 Å². The van der Waals surface area contributed by atoms with Crippen molar-refractivity contribution in [1.29, 1.82) is 0 Å². The van der Waals surface area contributed by atoms with Gasteiger partial charge in [0.05, 0.1) is 0 Å². The Morgan fingerprint density at radius 1 is 0.818 bits per heavy atom. The molecule has 1 aliphatic carbocycles. The van der Waals surface area contributed by atoms with Gasteiger partial charge in [-0.25, -0.2) is 0 Å². The summed E-state index contributed by atoms with van der Waals surface area (Å²) < 4.78 is 0. The Bertz CT molecular complexity index is 763. The van der Waals surface area contributed by atoms with Gasteiger partial charge in [0.2, 0.25) is 5.91 Å². The van der Waals surface area contributed by atoms with Crippen molar-refractivity contribution in [2.75, 3.05) is 5.32 Å². The van der Waals surface area contributed by atoms with Crippen LogP contribution in [0.1, 0.15) is 52.6 Å². The van der Waals surface area contributed by atoms with E-state index in [0.29, 0.717) is 27.9 Å². The Kier molecular flexibility index (Phi) is 4.51. The lowest BCUT2D eigenvalue weighted by Crippen LogP contribution is -2.21. The van der Waals surface area contributed by atoms with E-state index in [-0.39, 0.29) is 17.5 Å². The molecule has 1 amide bonds. The van der Waals surface area contributed by atoms with Gasteiger partial charge in [-0.1, -0.05) is 38.1 Å². The van der Waals surface area contributed by atoms with E-state index in [1.807, 2.05) is 13.8 Å². The minimum atomic E-state index is -0.222. The van der Waals surface area contributed by atoms with Gasteiger partial charge in [-0.15, -0.1) is 0 Å². The van der Waals surface area contributed by atoms with Gasteiger partial charge in [0.15, 0.2) is 11.6 Å². The Balaban J connectivity index is 0.000000847. The first-order valence-corrected chi connectivity index (χ1v) is 7.18. The van der Waals surface area contributed by atoms with Crippen LogP contribution in [0.2, 0.25) is 0 Å². The smallest absolute Gasteiger partial charge is 0.221 e. The molecule has 0 saturated heterocycles. The summed E-state index contributed by atoms with van der Waals surface area (Å²) in [6.07, 6.45) is 0. The lowest BCUT2D eigenvalue weighted by molar-refractivity contribution is -0.114. The molecule has 0 saturated carbocycles. The molecular formula is C18H17NO3. The summed E-state index contributed by atoms with van der Waals surface area (Å²) in [4.78, 5) is 35.8. The van der Waals surface area contributed by atoms with Crippen LogP contribution in [0, 0.1) is 0 Å². The van der Waals surface area contributed by atoms with Crippen LogP contribution in [0.15, 0.2) is 42.5 Å². The predicted octanol–water partition coefficient (Wildman–Crippen LogP) is 3.45. The second kappa shape index (κ2) is 6.35. The first kappa shape index (κ1) is 15.6. The predicted molar refractivity (Wildman–Crippen MR) is 85.4 cm³/mol. The Hall–Kier alpha value is -2.75. The number of anilines is 1. The maximum absolute atomic E-state index is 12.4. The summed E-state index contributed by atoms with van der Waals surface area (Å²) in [5.74, 6) is -0.577. The SMILES string of the molecule is CC.CC(=O)Nc1ccc2c(c1)C(=O)c1ccccc1C2=O. The normalized spacial score (nSPS) is 11.8. The second-order valence-electron chi connectivity index (χ2n) is 4.65. The molecule has 0 fully saturated rings. The molecule has 1 N–H and O–H groups in total. The van der Waals surface area contributed by atoms with Crippen LogP contribution >= 0.6 is 0 Å². The third-order valence-electron chi connectivity index (χ3n) is 3.25. The highest BCUT2D eigenvalue weighted by Crippen LogP contribution is 2.28. The molecule has 1 aliphatic rings. The highest BCUT2D eigenvalue weighted by molar-refractivity contribution is 6.28. The summed E-state index contributed by atoms with van der Waals surface area (Å²) >= 11 is 0. The molecule has 0 bridgehead atoms. The molecule has 4 heteroatoms. The summed E-state index contributed by atoms with van der Waals surface area (Å²) in [6.45, 7) is 5.39. The molecule has 2 aromatic carbocycles. The van der Waals surface area contributed by atoms with Gasteiger partial charge in [-0.05, 0) is 18.2 Å². The van der Waals surface area contributed by atoms with Crippen molar-refractivity contribution in [2.24, 2.45) is 0 Å². The maximum Gasteiger partial charge on any atom is 0.221 e. The number of hydrogen-bond acceptors (Lipinski definition) is 3. The molecule has 0 atom stereocenters. The second-order valence-corrected chi connectivity index (χ2v) is 4.65. The van der Waals surface area contributed by atoms with Crippen molar-refractivity contribution in [2.45, 2.75) is 20.8 Å². The monoisotopic (exact) mass is 295 g/mol. The average molecular weight is 295 g/mol. The maximum atomic E-state index is 12.4. The number of amides is 1. The molecule has 0 aromatic heterocycles. The quantitative estimate of drug-likeness (QED) is 0.748. The van der Waals surface area contributed by atoms with Crippen LogP contribution in [0.3, 0.4) is 0 Å². The lowest BCUT2D eigenvalue weighted by Gasteiger charge is -2.18. The first-order valence-electron chi connectivity index (χ1n) is 7.18. The fourth-order valence-corrected chi connectivity index (χ4v) is 2.38. The van der Waals surface area contributed by atoms with E-state index in [0.717, 1.165) is 0 Å². The van der Waals surface area contributed by atoms with E-state index in [4.69, 9.17) is 0 Å². The van der Waals surface area contributed by atoms with Crippen molar-refractivity contribution >= 4 is 23.2 Å². The van der Waals surface area contributed by atoms with Crippen LogP contribution in [0.5, 0.6) is 0 Å². The molecule has 0 heterocycles. The van der Waals surface area contributed by atoms with Gasteiger partial charge in [-0.3, -0.25) is 14.4 Å². The molecule has 0 aliphatic heterocycles. The van der Waals surface area contributed by atoms with Crippen LogP contribution < -0.4 is 5.32 Å². The van der Waals surface area contributed by atoms with Crippen molar-refractivity contribution < 1.29 is 14.4 Å². The van der Waals surface area contributed by atoms with E-state index in [2.05, 4.69) is 5.32 Å². The molecule has 2 aromatic rings. The summed E-state index contributed by atoms with van der Waals surface area (Å²) in [7, 11) is 0. The summed E-state index contributed by atoms with van der Waals surface area (Å²) in [6, 6.07) is 11.5. The topological polar surface area (TPSA) is 63.2 Å². The number of nitrogens with one attached hydrogen (secondary N) is 1.